The molecular formula is C12H15N3OS. The number of benzene rings is 1. The second-order valence-electron chi connectivity index (χ2n) is 4.28. The molecule has 0 bridgehead atoms. The van der Waals surface area contributed by atoms with E-state index in [9.17, 15) is 4.79 Å². The predicted molar refractivity (Wildman–Crippen MR) is 71.9 cm³/mol. The second-order valence-corrected chi connectivity index (χ2v) is 5.05. The third-order valence-electron chi connectivity index (χ3n) is 2.49. The van der Waals surface area contributed by atoms with Gasteiger partial charge in [-0.15, -0.1) is 0 Å². The molecule has 1 aliphatic heterocycles. The van der Waals surface area contributed by atoms with Crippen LogP contribution in [0.3, 0.4) is 0 Å². The van der Waals surface area contributed by atoms with Crippen LogP contribution in [-0.4, -0.2) is 27.9 Å². The van der Waals surface area contributed by atoms with Gasteiger partial charge >= 0.3 is 0 Å². The Bertz CT molecular complexity index is 456. The fourth-order valence-corrected chi connectivity index (χ4v) is 2.21. The number of para-hydroxylation sites is 1. The van der Waals surface area contributed by atoms with Gasteiger partial charge in [0.05, 0.1) is 5.69 Å². The van der Waals surface area contributed by atoms with Crippen molar-refractivity contribution in [3.8, 4) is 0 Å². The van der Waals surface area contributed by atoms with E-state index in [2.05, 4.69) is 10.4 Å². The van der Waals surface area contributed by atoms with Gasteiger partial charge in [0, 0.05) is 0 Å². The third kappa shape index (κ3) is 2.29. The van der Waals surface area contributed by atoms with Crippen LogP contribution in [0.25, 0.3) is 0 Å². The number of nitrogens with zero attached hydrogens (tertiary/aromatic N) is 2. The van der Waals surface area contributed by atoms with Crippen LogP contribution < -0.4 is 5.43 Å². The molecule has 1 heterocycles. The first kappa shape index (κ1) is 12.0. The normalized spacial score (nSPS) is 18.2. The molecule has 17 heavy (non-hydrogen) atoms. The molecule has 0 radical (unpaired) electrons. The number of carbonyl (C=O) groups excluding carboxylic acids is 1. The summed E-state index contributed by atoms with van der Waals surface area (Å²) in [6, 6.07) is 9.60. The molecule has 0 spiro atoms. The van der Waals surface area contributed by atoms with Crippen molar-refractivity contribution < 1.29 is 4.79 Å². The number of thioether (sulfide) groups is 1. The molecule has 0 fully saturated rings. The van der Waals surface area contributed by atoms with Crippen molar-refractivity contribution in [2.75, 3.05) is 11.7 Å². The highest BCUT2D eigenvalue weighted by molar-refractivity contribution is 8.13. The number of amides is 1. The van der Waals surface area contributed by atoms with Gasteiger partial charge in [0.1, 0.15) is 5.54 Å². The molecule has 0 aliphatic carbocycles. The summed E-state index contributed by atoms with van der Waals surface area (Å²) >= 11 is 1.46. The van der Waals surface area contributed by atoms with Crippen molar-refractivity contribution >= 4 is 28.5 Å². The standard InChI is InChI=1S/C12H15N3OS/c1-12(2)10(16)15(11(13-12)17-3)14-9-7-5-4-6-8-9/h4-8,14H,1-3H3. The highest BCUT2D eigenvalue weighted by Gasteiger charge is 2.41. The maximum Gasteiger partial charge on any atom is 0.274 e. The highest BCUT2D eigenvalue weighted by atomic mass is 32.2. The van der Waals surface area contributed by atoms with Crippen molar-refractivity contribution in [3.05, 3.63) is 30.3 Å². The predicted octanol–water partition coefficient (Wildman–Crippen LogP) is 2.35. The number of hydrazine groups is 1. The fourth-order valence-electron chi connectivity index (χ4n) is 1.57. The Labute approximate surface area is 105 Å². The summed E-state index contributed by atoms with van der Waals surface area (Å²) in [5.41, 5.74) is 3.27. The van der Waals surface area contributed by atoms with E-state index in [0.29, 0.717) is 5.17 Å². The summed E-state index contributed by atoms with van der Waals surface area (Å²) in [4.78, 5) is 16.5. The van der Waals surface area contributed by atoms with Crippen molar-refractivity contribution in [1.82, 2.24) is 5.01 Å². The lowest BCUT2D eigenvalue weighted by Gasteiger charge is -2.21. The molecule has 0 saturated heterocycles. The molecule has 2 rings (SSSR count). The van der Waals surface area contributed by atoms with E-state index < -0.39 is 5.54 Å². The number of anilines is 1. The zero-order valence-electron chi connectivity index (χ0n) is 10.1. The molecule has 1 aromatic carbocycles. The monoisotopic (exact) mass is 249 g/mol. The van der Waals surface area contributed by atoms with E-state index in [4.69, 9.17) is 0 Å². The first-order chi connectivity index (χ1) is 8.04. The first-order valence-corrected chi connectivity index (χ1v) is 6.57. The average Bonchev–Trinajstić information content (AvgIpc) is 2.54. The second kappa shape index (κ2) is 4.41. The summed E-state index contributed by atoms with van der Waals surface area (Å²) in [5, 5.41) is 2.21. The van der Waals surface area contributed by atoms with E-state index >= 15 is 0 Å². The van der Waals surface area contributed by atoms with Gasteiger partial charge < -0.3 is 0 Å². The quantitative estimate of drug-likeness (QED) is 0.875. The summed E-state index contributed by atoms with van der Waals surface area (Å²) in [6.07, 6.45) is 1.91. The van der Waals surface area contributed by atoms with Gasteiger partial charge in [-0.2, -0.15) is 5.01 Å². The molecule has 0 unspecified atom stereocenters. The van der Waals surface area contributed by atoms with Crippen LogP contribution in [0.4, 0.5) is 5.69 Å². The largest absolute Gasteiger partial charge is 0.289 e. The Balaban J connectivity index is 2.22. The van der Waals surface area contributed by atoms with E-state index in [1.165, 1.54) is 16.8 Å². The molecule has 0 aromatic heterocycles. The first-order valence-electron chi connectivity index (χ1n) is 5.35. The van der Waals surface area contributed by atoms with Crippen molar-refractivity contribution in [2.45, 2.75) is 19.4 Å². The van der Waals surface area contributed by atoms with Crippen LogP contribution in [0.15, 0.2) is 35.3 Å². The molecule has 90 valence electrons. The van der Waals surface area contributed by atoms with E-state index in [0.717, 1.165) is 5.69 Å². The maximum absolute atomic E-state index is 12.1. The Kier molecular flexibility index (Phi) is 3.11. The minimum Gasteiger partial charge on any atom is -0.289 e. The van der Waals surface area contributed by atoms with Crippen molar-refractivity contribution in [1.29, 1.82) is 0 Å². The fraction of sp³-hybridized carbons (Fsp3) is 0.333. The minimum absolute atomic E-state index is 0.0364. The van der Waals surface area contributed by atoms with E-state index in [-0.39, 0.29) is 5.91 Å². The van der Waals surface area contributed by atoms with E-state index in [1.807, 2.05) is 50.4 Å². The smallest absolute Gasteiger partial charge is 0.274 e. The molecule has 1 N–H and O–H groups in total. The average molecular weight is 249 g/mol. The maximum atomic E-state index is 12.1. The van der Waals surface area contributed by atoms with Crippen LogP contribution in [0.5, 0.6) is 0 Å². The number of amidine groups is 1. The van der Waals surface area contributed by atoms with Gasteiger partial charge in [-0.25, -0.2) is 4.99 Å². The lowest BCUT2D eigenvalue weighted by molar-refractivity contribution is -0.129. The molecule has 0 saturated carbocycles. The zero-order valence-corrected chi connectivity index (χ0v) is 10.9. The van der Waals surface area contributed by atoms with Crippen LogP contribution in [0, 0.1) is 0 Å². The number of nitrogens with one attached hydrogen (secondary N) is 1. The zero-order chi connectivity index (χ0) is 12.5. The summed E-state index contributed by atoms with van der Waals surface area (Å²) in [5.74, 6) is -0.0364. The molecule has 1 aliphatic rings. The Morgan fingerprint density at radius 3 is 2.53 bits per heavy atom. The number of hydrogen-bond donors (Lipinski definition) is 1. The lowest BCUT2D eigenvalue weighted by atomic mass is 10.1. The summed E-state index contributed by atoms with van der Waals surface area (Å²) in [7, 11) is 0. The molecule has 1 amide bonds. The van der Waals surface area contributed by atoms with Crippen LogP contribution in [0.1, 0.15) is 13.8 Å². The van der Waals surface area contributed by atoms with Crippen LogP contribution >= 0.6 is 11.8 Å². The minimum atomic E-state index is -0.680. The number of rotatable bonds is 2. The van der Waals surface area contributed by atoms with Crippen molar-refractivity contribution in [2.24, 2.45) is 4.99 Å². The number of aliphatic imine (C=N–C) groups is 1. The molecule has 0 atom stereocenters. The summed E-state index contributed by atoms with van der Waals surface area (Å²) < 4.78 is 0. The Hall–Kier alpha value is -1.49. The summed E-state index contributed by atoms with van der Waals surface area (Å²) in [6.45, 7) is 3.64. The van der Waals surface area contributed by atoms with Gasteiger partial charge in [-0.3, -0.25) is 10.2 Å². The Morgan fingerprint density at radius 2 is 1.94 bits per heavy atom. The topological polar surface area (TPSA) is 44.7 Å². The van der Waals surface area contributed by atoms with Gasteiger partial charge in [0.15, 0.2) is 5.17 Å². The number of carbonyl (C=O) groups is 1. The van der Waals surface area contributed by atoms with Crippen molar-refractivity contribution in [3.63, 3.8) is 0 Å². The molecule has 1 aromatic rings. The molecule has 4 nitrogen and oxygen atoms in total. The highest BCUT2D eigenvalue weighted by Crippen LogP contribution is 2.26. The van der Waals surface area contributed by atoms with E-state index in [1.54, 1.807) is 0 Å². The molecule has 5 heteroatoms. The van der Waals surface area contributed by atoms with Crippen LogP contribution in [-0.2, 0) is 4.79 Å². The Morgan fingerprint density at radius 1 is 1.29 bits per heavy atom. The van der Waals surface area contributed by atoms with Gasteiger partial charge in [0.25, 0.3) is 5.91 Å². The van der Waals surface area contributed by atoms with Crippen LogP contribution in [0.2, 0.25) is 0 Å². The van der Waals surface area contributed by atoms with Gasteiger partial charge in [-0.1, -0.05) is 30.0 Å². The third-order valence-corrected chi connectivity index (χ3v) is 3.13. The lowest BCUT2D eigenvalue weighted by Crippen LogP contribution is -2.42. The molecular weight excluding hydrogens is 234 g/mol. The SMILES string of the molecule is CSC1=NC(C)(C)C(=O)N1Nc1ccccc1. The van der Waals surface area contributed by atoms with Gasteiger partial charge in [-0.05, 0) is 32.2 Å². The number of hydrogen-bond acceptors (Lipinski definition) is 4. The van der Waals surface area contributed by atoms with Gasteiger partial charge in [0.2, 0.25) is 0 Å².